The molecule has 1 saturated carbocycles. The number of rotatable bonds is 2. The Kier molecular flexibility index (Phi) is 2.63. The van der Waals surface area contributed by atoms with Crippen LogP contribution >= 0.6 is 0 Å². The summed E-state index contributed by atoms with van der Waals surface area (Å²) in [5.41, 5.74) is 0.959. The Hall–Kier alpha value is -1.16. The predicted molar refractivity (Wildman–Crippen MR) is 54.0 cm³/mol. The third-order valence-electron chi connectivity index (χ3n) is 2.56. The standard InChI is InChI=1S/C10H15N3O/c1-7-4-10(12-6-11-7)13-8-2-3-9(14)5-8/h4,6,8-9,14H,2-3,5H2,1H3,(H,11,12,13)/t8-,9+/m0/s1. The van der Waals surface area contributed by atoms with Gasteiger partial charge in [0.1, 0.15) is 12.1 Å². The van der Waals surface area contributed by atoms with E-state index in [0.29, 0.717) is 6.04 Å². The number of aromatic nitrogens is 2. The van der Waals surface area contributed by atoms with Gasteiger partial charge in [-0.15, -0.1) is 0 Å². The molecule has 1 aromatic heterocycles. The topological polar surface area (TPSA) is 58.0 Å². The van der Waals surface area contributed by atoms with Crippen LogP contribution in [0, 0.1) is 6.92 Å². The third-order valence-corrected chi connectivity index (χ3v) is 2.56. The van der Waals surface area contributed by atoms with Gasteiger partial charge in [-0.05, 0) is 26.2 Å². The van der Waals surface area contributed by atoms with Crippen molar-refractivity contribution in [2.45, 2.75) is 38.3 Å². The largest absolute Gasteiger partial charge is 0.393 e. The fourth-order valence-corrected chi connectivity index (χ4v) is 1.83. The second-order valence-electron chi connectivity index (χ2n) is 3.85. The smallest absolute Gasteiger partial charge is 0.129 e. The van der Waals surface area contributed by atoms with Gasteiger partial charge in [-0.2, -0.15) is 0 Å². The van der Waals surface area contributed by atoms with Crippen LogP contribution in [-0.4, -0.2) is 27.2 Å². The molecule has 2 atom stereocenters. The van der Waals surface area contributed by atoms with Gasteiger partial charge in [0.05, 0.1) is 6.10 Å². The van der Waals surface area contributed by atoms with Crippen LogP contribution in [-0.2, 0) is 0 Å². The number of aryl methyl sites for hydroxylation is 1. The molecule has 1 fully saturated rings. The molecule has 1 aliphatic rings. The van der Waals surface area contributed by atoms with E-state index >= 15 is 0 Å². The molecule has 0 bridgehead atoms. The van der Waals surface area contributed by atoms with Crippen molar-refractivity contribution >= 4 is 5.82 Å². The summed E-state index contributed by atoms with van der Waals surface area (Å²) in [5.74, 6) is 0.858. The van der Waals surface area contributed by atoms with Crippen molar-refractivity contribution in [2.75, 3.05) is 5.32 Å². The maximum absolute atomic E-state index is 9.36. The zero-order chi connectivity index (χ0) is 9.97. The molecule has 0 radical (unpaired) electrons. The van der Waals surface area contributed by atoms with Crippen LogP contribution in [0.4, 0.5) is 5.82 Å². The van der Waals surface area contributed by atoms with Crippen molar-refractivity contribution in [3.63, 3.8) is 0 Å². The average molecular weight is 193 g/mol. The summed E-state index contributed by atoms with van der Waals surface area (Å²) in [7, 11) is 0. The van der Waals surface area contributed by atoms with Crippen LogP contribution in [0.1, 0.15) is 25.0 Å². The molecule has 4 nitrogen and oxygen atoms in total. The number of anilines is 1. The quantitative estimate of drug-likeness (QED) is 0.738. The Bertz CT molecular complexity index is 316. The summed E-state index contributed by atoms with van der Waals surface area (Å²) in [5, 5.41) is 12.7. The first-order chi connectivity index (χ1) is 6.74. The van der Waals surface area contributed by atoms with Gasteiger partial charge >= 0.3 is 0 Å². The number of aliphatic hydroxyl groups excluding tert-OH is 1. The van der Waals surface area contributed by atoms with Crippen LogP contribution in [0.5, 0.6) is 0 Å². The van der Waals surface area contributed by atoms with Crippen LogP contribution in [0.25, 0.3) is 0 Å². The lowest BCUT2D eigenvalue weighted by Gasteiger charge is -2.12. The highest BCUT2D eigenvalue weighted by molar-refractivity contribution is 5.35. The Morgan fingerprint density at radius 1 is 1.43 bits per heavy atom. The minimum absolute atomic E-state index is 0.143. The highest BCUT2D eigenvalue weighted by Crippen LogP contribution is 2.21. The predicted octanol–water partition coefficient (Wildman–Crippen LogP) is 1.11. The van der Waals surface area contributed by atoms with Gasteiger partial charge in [-0.3, -0.25) is 0 Å². The zero-order valence-electron chi connectivity index (χ0n) is 8.27. The minimum Gasteiger partial charge on any atom is -0.393 e. The lowest BCUT2D eigenvalue weighted by atomic mass is 10.2. The van der Waals surface area contributed by atoms with Crippen molar-refractivity contribution < 1.29 is 5.11 Å². The average Bonchev–Trinajstić information content (AvgIpc) is 2.51. The second kappa shape index (κ2) is 3.92. The van der Waals surface area contributed by atoms with E-state index in [0.717, 1.165) is 30.8 Å². The number of aliphatic hydroxyl groups is 1. The van der Waals surface area contributed by atoms with E-state index in [9.17, 15) is 5.11 Å². The van der Waals surface area contributed by atoms with E-state index in [-0.39, 0.29) is 6.10 Å². The number of hydrogen-bond acceptors (Lipinski definition) is 4. The molecule has 1 aromatic rings. The van der Waals surface area contributed by atoms with Crippen molar-refractivity contribution in [3.05, 3.63) is 18.1 Å². The van der Waals surface area contributed by atoms with Crippen molar-refractivity contribution in [3.8, 4) is 0 Å². The molecule has 76 valence electrons. The van der Waals surface area contributed by atoms with Crippen LogP contribution in [0.3, 0.4) is 0 Å². The zero-order valence-corrected chi connectivity index (χ0v) is 8.27. The molecule has 0 amide bonds. The molecule has 0 aromatic carbocycles. The van der Waals surface area contributed by atoms with Gasteiger partial charge in [-0.25, -0.2) is 9.97 Å². The van der Waals surface area contributed by atoms with Crippen LogP contribution in [0.15, 0.2) is 12.4 Å². The third kappa shape index (κ3) is 2.20. The van der Waals surface area contributed by atoms with E-state index in [2.05, 4.69) is 15.3 Å². The first kappa shape index (κ1) is 9.40. The lowest BCUT2D eigenvalue weighted by Crippen LogP contribution is -2.17. The van der Waals surface area contributed by atoms with Crippen LogP contribution < -0.4 is 5.32 Å². The van der Waals surface area contributed by atoms with Gasteiger partial charge < -0.3 is 10.4 Å². The summed E-state index contributed by atoms with van der Waals surface area (Å²) < 4.78 is 0. The molecular formula is C10H15N3O. The van der Waals surface area contributed by atoms with Gasteiger partial charge in [0.2, 0.25) is 0 Å². The molecule has 0 spiro atoms. The Labute approximate surface area is 83.4 Å². The van der Waals surface area contributed by atoms with Crippen molar-refractivity contribution in [1.29, 1.82) is 0 Å². The molecule has 4 heteroatoms. The normalized spacial score (nSPS) is 26.4. The van der Waals surface area contributed by atoms with E-state index < -0.39 is 0 Å². The van der Waals surface area contributed by atoms with E-state index in [1.54, 1.807) is 6.33 Å². The second-order valence-corrected chi connectivity index (χ2v) is 3.85. The SMILES string of the molecule is Cc1cc(N[C@H]2CC[C@@H](O)C2)ncn1. The fraction of sp³-hybridized carbons (Fsp3) is 0.600. The van der Waals surface area contributed by atoms with Crippen LogP contribution in [0.2, 0.25) is 0 Å². The maximum atomic E-state index is 9.36. The first-order valence-corrected chi connectivity index (χ1v) is 4.97. The van der Waals surface area contributed by atoms with Gasteiger partial charge in [0.15, 0.2) is 0 Å². The summed E-state index contributed by atoms with van der Waals surface area (Å²) in [6.07, 6.45) is 4.15. The Morgan fingerprint density at radius 2 is 2.29 bits per heavy atom. The summed E-state index contributed by atoms with van der Waals surface area (Å²) >= 11 is 0. The minimum atomic E-state index is -0.143. The maximum Gasteiger partial charge on any atom is 0.129 e. The molecule has 0 saturated heterocycles. The Balaban J connectivity index is 1.97. The molecule has 2 rings (SSSR count). The van der Waals surface area contributed by atoms with Gasteiger partial charge in [0, 0.05) is 17.8 Å². The lowest BCUT2D eigenvalue weighted by molar-refractivity contribution is 0.182. The van der Waals surface area contributed by atoms with E-state index in [1.165, 1.54) is 0 Å². The molecule has 0 aliphatic heterocycles. The summed E-state index contributed by atoms with van der Waals surface area (Å²) in [4.78, 5) is 8.15. The number of nitrogens with zero attached hydrogens (tertiary/aromatic N) is 2. The monoisotopic (exact) mass is 193 g/mol. The highest BCUT2D eigenvalue weighted by atomic mass is 16.3. The molecule has 14 heavy (non-hydrogen) atoms. The first-order valence-electron chi connectivity index (χ1n) is 4.97. The van der Waals surface area contributed by atoms with Crippen molar-refractivity contribution in [1.82, 2.24) is 9.97 Å². The molecule has 1 aliphatic carbocycles. The Morgan fingerprint density at radius 3 is 2.93 bits per heavy atom. The van der Waals surface area contributed by atoms with Crippen molar-refractivity contribution in [2.24, 2.45) is 0 Å². The van der Waals surface area contributed by atoms with Gasteiger partial charge in [-0.1, -0.05) is 0 Å². The van der Waals surface area contributed by atoms with E-state index in [1.807, 2.05) is 13.0 Å². The molecular weight excluding hydrogens is 178 g/mol. The fourth-order valence-electron chi connectivity index (χ4n) is 1.83. The van der Waals surface area contributed by atoms with E-state index in [4.69, 9.17) is 0 Å². The highest BCUT2D eigenvalue weighted by Gasteiger charge is 2.22. The summed E-state index contributed by atoms with van der Waals surface area (Å²) in [6, 6.07) is 2.28. The van der Waals surface area contributed by atoms with Gasteiger partial charge in [0.25, 0.3) is 0 Å². The molecule has 1 heterocycles. The summed E-state index contributed by atoms with van der Waals surface area (Å²) in [6.45, 7) is 1.94. The number of nitrogens with one attached hydrogen (secondary N) is 1. The molecule has 2 N–H and O–H groups in total. The molecule has 0 unspecified atom stereocenters. The number of hydrogen-bond donors (Lipinski definition) is 2.